The third-order valence-corrected chi connectivity index (χ3v) is 6.00. The molecule has 1 fully saturated rings. The molecular weight excluding hydrogens is 351 g/mol. The number of benzene rings is 2. The molecule has 0 saturated heterocycles. The molecule has 0 aliphatic heterocycles. The SMILES string of the molecule is O=C1C(Cc2ccccc2Cl)CCCCCC1Cc1ccccc1Cl. The normalized spacial score (nSPS) is 21.6. The lowest BCUT2D eigenvalue weighted by atomic mass is 9.78. The fourth-order valence-electron chi connectivity index (χ4n) is 3.84. The van der Waals surface area contributed by atoms with E-state index in [1.54, 1.807) is 0 Å². The quantitative estimate of drug-likeness (QED) is 0.593. The van der Waals surface area contributed by atoms with Crippen LogP contribution >= 0.6 is 23.2 Å². The zero-order valence-corrected chi connectivity index (χ0v) is 15.9. The van der Waals surface area contributed by atoms with Gasteiger partial charge in [-0.3, -0.25) is 4.79 Å². The number of carbonyl (C=O) groups excluding carboxylic acids is 1. The van der Waals surface area contributed by atoms with Crippen molar-refractivity contribution in [3.8, 4) is 0 Å². The number of carbonyl (C=O) groups is 1. The van der Waals surface area contributed by atoms with Crippen molar-refractivity contribution in [1.29, 1.82) is 0 Å². The van der Waals surface area contributed by atoms with Crippen molar-refractivity contribution < 1.29 is 4.79 Å². The van der Waals surface area contributed by atoms with Crippen LogP contribution in [0.15, 0.2) is 48.5 Å². The van der Waals surface area contributed by atoms with Gasteiger partial charge in [0.1, 0.15) is 5.78 Å². The second kappa shape index (κ2) is 8.87. The summed E-state index contributed by atoms with van der Waals surface area (Å²) >= 11 is 12.6. The first kappa shape index (κ1) is 18.5. The molecule has 1 saturated carbocycles. The van der Waals surface area contributed by atoms with Gasteiger partial charge in [0.2, 0.25) is 0 Å². The van der Waals surface area contributed by atoms with Gasteiger partial charge >= 0.3 is 0 Å². The van der Waals surface area contributed by atoms with Gasteiger partial charge in [-0.05, 0) is 48.9 Å². The van der Waals surface area contributed by atoms with E-state index in [4.69, 9.17) is 23.2 Å². The smallest absolute Gasteiger partial charge is 0.139 e. The average molecular weight is 375 g/mol. The van der Waals surface area contributed by atoms with E-state index in [2.05, 4.69) is 0 Å². The summed E-state index contributed by atoms with van der Waals surface area (Å²) in [4.78, 5) is 13.2. The van der Waals surface area contributed by atoms with Gasteiger partial charge in [-0.25, -0.2) is 0 Å². The standard InChI is InChI=1S/C22H24Cl2O/c23-20-12-6-4-8-16(20)14-18-10-2-1-3-11-19(22(18)25)15-17-9-5-7-13-21(17)24/h4-9,12-13,18-19H,1-3,10-11,14-15H2. The number of halogens is 2. The molecule has 0 bridgehead atoms. The van der Waals surface area contributed by atoms with E-state index in [0.717, 1.165) is 59.7 Å². The first-order valence-electron chi connectivity index (χ1n) is 9.15. The van der Waals surface area contributed by atoms with Gasteiger partial charge in [-0.1, -0.05) is 78.9 Å². The molecule has 0 radical (unpaired) electrons. The molecule has 1 nitrogen and oxygen atoms in total. The Morgan fingerprint density at radius 3 is 1.60 bits per heavy atom. The molecule has 0 aromatic heterocycles. The molecule has 2 aromatic rings. The molecule has 2 aromatic carbocycles. The third-order valence-electron chi connectivity index (χ3n) is 5.26. The Hall–Kier alpha value is -1.31. The van der Waals surface area contributed by atoms with Gasteiger partial charge in [0, 0.05) is 21.9 Å². The molecule has 0 amide bonds. The minimum absolute atomic E-state index is 0.0627. The Balaban J connectivity index is 1.77. The monoisotopic (exact) mass is 374 g/mol. The van der Waals surface area contributed by atoms with Crippen LogP contribution in [0.25, 0.3) is 0 Å². The van der Waals surface area contributed by atoms with Gasteiger partial charge in [0.15, 0.2) is 0 Å². The van der Waals surface area contributed by atoms with E-state index < -0.39 is 0 Å². The predicted octanol–water partition coefficient (Wildman–Crippen LogP) is 6.54. The first-order chi connectivity index (χ1) is 12.1. The molecule has 2 atom stereocenters. The first-order valence-corrected chi connectivity index (χ1v) is 9.91. The van der Waals surface area contributed by atoms with E-state index in [1.807, 2.05) is 48.5 Å². The van der Waals surface area contributed by atoms with Gasteiger partial charge < -0.3 is 0 Å². The van der Waals surface area contributed by atoms with Crippen molar-refractivity contribution in [2.75, 3.05) is 0 Å². The lowest BCUT2D eigenvalue weighted by Crippen LogP contribution is -2.28. The van der Waals surface area contributed by atoms with Crippen molar-refractivity contribution in [2.24, 2.45) is 11.8 Å². The van der Waals surface area contributed by atoms with Crippen molar-refractivity contribution in [1.82, 2.24) is 0 Å². The minimum Gasteiger partial charge on any atom is -0.299 e. The maximum absolute atomic E-state index is 13.2. The summed E-state index contributed by atoms with van der Waals surface area (Å²) in [6, 6.07) is 15.8. The minimum atomic E-state index is 0.0627. The molecule has 0 N–H and O–H groups in total. The van der Waals surface area contributed by atoms with E-state index in [1.165, 1.54) is 6.42 Å². The molecule has 0 heterocycles. The van der Waals surface area contributed by atoms with E-state index in [-0.39, 0.29) is 11.8 Å². The molecule has 25 heavy (non-hydrogen) atoms. The molecule has 2 unspecified atom stereocenters. The van der Waals surface area contributed by atoms with Crippen LogP contribution in [0.3, 0.4) is 0 Å². The Morgan fingerprint density at radius 1 is 0.720 bits per heavy atom. The number of hydrogen-bond acceptors (Lipinski definition) is 1. The summed E-state index contributed by atoms with van der Waals surface area (Å²) in [5, 5.41) is 1.53. The number of hydrogen-bond donors (Lipinski definition) is 0. The van der Waals surface area contributed by atoms with Crippen molar-refractivity contribution in [2.45, 2.75) is 44.9 Å². The molecule has 1 aliphatic carbocycles. The van der Waals surface area contributed by atoms with Crippen molar-refractivity contribution >= 4 is 29.0 Å². The highest BCUT2D eigenvalue weighted by molar-refractivity contribution is 6.31. The highest BCUT2D eigenvalue weighted by Gasteiger charge is 2.29. The zero-order chi connectivity index (χ0) is 17.6. The summed E-state index contributed by atoms with van der Waals surface area (Å²) in [6.07, 6.45) is 6.87. The summed E-state index contributed by atoms with van der Waals surface area (Å²) in [7, 11) is 0. The van der Waals surface area contributed by atoms with Crippen LogP contribution in [0.1, 0.15) is 43.2 Å². The van der Waals surface area contributed by atoms with E-state index >= 15 is 0 Å². The molecule has 3 heteroatoms. The van der Waals surface area contributed by atoms with Gasteiger partial charge in [0.25, 0.3) is 0 Å². The maximum atomic E-state index is 13.2. The predicted molar refractivity (Wildman–Crippen MR) is 105 cm³/mol. The van der Waals surface area contributed by atoms with Gasteiger partial charge in [0.05, 0.1) is 0 Å². The fraction of sp³-hybridized carbons (Fsp3) is 0.409. The van der Waals surface area contributed by atoms with Crippen molar-refractivity contribution in [3.05, 3.63) is 69.7 Å². The summed E-state index contributed by atoms with van der Waals surface area (Å²) in [6.45, 7) is 0. The van der Waals surface area contributed by atoms with Crippen LogP contribution in [0.2, 0.25) is 10.0 Å². The van der Waals surface area contributed by atoms with Gasteiger partial charge in [-0.15, -0.1) is 0 Å². The topological polar surface area (TPSA) is 17.1 Å². The lowest BCUT2D eigenvalue weighted by Gasteiger charge is -2.26. The highest BCUT2D eigenvalue weighted by atomic mass is 35.5. The zero-order valence-electron chi connectivity index (χ0n) is 14.4. The Morgan fingerprint density at radius 2 is 1.16 bits per heavy atom. The van der Waals surface area contributed by atoms with Gasteiger partial charge in [-0.2, -0.15) is 0 Å². The fourth-order valence-corrected chi connectivity index (χ4v) is 4.27. The van der Waals surface area contributed by atoms with E-state index in [9.17, 15) is 4.79 Å². The molecule has 3 rings (SSSR count). The second-order valence-corrected chi connectivity index (χ2v) is 7.84. The van der Waals surface area contributed by atoms with E-state index in [0.29, 0.717) is 5.78 Å². The summed E-state index contributed by atoms with van der Waals surface area (Å²) in [5.41, 5.74) is 2.17. The largest absolute Gasteiger partial charge is 0.299 e. The average Bonchev–Trinajstić information content (AvgIpc) is 2.61. The summed E-state index contributed by atoms with van der Waals surface area (Å²) < 4.78 is 0. The number of Topliss-reactive ketones (excluding diaryl/α,β-unsaturated/α-hetero) is 1. The molecule has 1 aliphatic rings. The Labute approximate surface area is 160 Å². The van der Waals surface area contributed by atoms with Crippen LogP contribution in [0.4, 0.5) is 0 Å². The lowest BCUT2D eigenvalue weighted by molar-refractivity contribution is -0.127. The van der Waals surface area contributed by atoms with Crippen LogP contribution in [-0.2, 0) is 17.6 Å². The van der Waals surface area contributed by atoms with Crippen molar-refractivity contribution in [3.63, 3.8) is 0 Å². The van der Waals surface area contributed by atoms with Crippen LogP contribution < -0.4 is 0 Å². The summed E-state index contributed by atoms with van der Waals surface area (Å²) in [5.74, 6) is 0.514. The third kappa shape index (κ3) is 4.86. The number of ketones is 1. The molecule has 0 spiro atoms. The Kier molecular flexibility index (Phi) is 6.56. The van der Waals surface area contributed by atoms with Crippen LogP contribution in [0, 0.1) is 11.8 Å². The van der Waals surface area contributed by atoms with Crippen LogP contribution in [-0.4, -0.2) is 5.78 Å². The maximum Gasteiger partial charge on any atom is 0.139 e. The van der Waals surface area contributed by atoms with Crippen LogP contribution in [0.5, 0.6) is 0 Å². The second-order valence-electron chi connectivity index (χ2n) is 7.03. The Bertz CT molecular complexity index is 666. The highest BCUT2D eigenvalue weighted by Crippen LogP contribution is 2.31. The molecule has 132 valence electrons. The molecular formula is C22H24Cl2O. The number of rotatable bonds is 4.